The standard InChI is InChI=1S/C13H16N2O5/c1-3-20-13(17)9(2)14-12(16)8-10-4-6-11(7-5-10)15(18)19/h4-7,9H,3,8H2,1-2H3,(H,14,16). The highest BCUT2D eigenvalue weighted by molar-refractivity contribution is 5.85. The molecule has 0 aliphatic heterocycles. The zero-order valence-corrected chi connectivity index (χ0v) is 11.3. The van der Waals surface area contributed by atoms with E-state index < -0.39 is 16.9 Å². The summed E-state index contributed by atoms with van der Waals surface area (Å²) >= 11 is 0. The minimum absolute atomic E-state index is 0.0333. The predicted molar refractivity (Wildman–Crippen MR) is 71.0 cm³/mol. The van der Waals surface area contributed by atoms with E-state index in [2.05, 4.69) is 5.32 Å². The quantitative estimate of drug-likeness (QED) is 0.479. The Morgan fingerprint density at radius 3 is 2.45 bits per heavy atom. The van der Waals surface area contributed by atoms with Crippen LogP contribution in [0.15, 0.2) is 24.3 Å². The SMILES string of the molecule is CCOC(=O)C(C)NC(=O)Cc1ccc([N+](=O)[O-])cc1. The van der Waals surface area contributed by atoms with E-state index >= 15 is 0 Å². The first kappa shape index (κ1) is 15.6. The molecule has 20 heavy (non-hydrogen) atoms. The number of amides is 1. The smallest absolute Gasteiger partial charge is 0.328 e. The van der Waals surface area contributed by atoms with Crippen molar-refractivity contribution in [1.82, 2.24) is 5.32 Å². The summed E-state index contributed by atoms with van der Waals surface area (Å²) < 4.78 is 4.77. The molecule has 7 nitrogen and oxygen atoms in total. The van der Waals surface area contributed by atoms with Crippen molar-refractivity contribution in [3.8, 4) is 0 Å². The average Bonchev–Trinajstić information content (AvgIpc) is 2.39. The Labute approximate surface area is 116 Å². The Balaban J connectivity index is 2.54. The van der Waals surface area contributed by atoms with Crippen molar-refractivity contribution in [2.45, 2.75) is 26.3 Å². The van der Waals surface area contributed by atoms with E-state index in [4.69, 9.17) is 4.74 Å². The molecular weight excluding hydrogens is 264 g/mol. The minimum atomic E-state index is -0.722. The lowest BCUT2D eigenvalue weighted by molar-refractivity contribution is -0.384. The van der Waals surface area contributed by atoms with Crippen molar-refractivity contribution in [3.05, 3.63) is 39.9 Å². The third-order valence-electron chi connectivity index (χ3n) is 2.53. The third kappa shape index (κ3) is 4.68. The predicted octanol–water partition coefficient (Wildman–Crippen LogP) is 1.21. The molecule has 1 N–H and O–H groups in total. The number of hydrogen-bond donors (Lipinski definition) is 1. The second-order valence-corrected chi connectivity index (χ2v) is 4.14. The van der Waals surface area contributed by atoms with Gasteiger partial charge in [0.15, 0.2) is 0 Å². The van der Waals surface area contributed by atoms with Crippen LogP contribution in [0.4, 0.5) is 5.69 Å². The van der Waals surface area contributed by atoms with Crippen LogP contribution in [-0.4, -0.2) is 29.4 Å². The topological polar surface area (TPSA) is 98.5 Å². The fraction of sp³-hybridized carbons (Fsp3) is 0.385. The Kier molecular flexibility index (Phi) is 5.64. The number of carbonyl (C=O) groups is 2. The molecule has 0 radical (unpaired) electrons. The zero-order chi connectivity index (χ0) is 15.1. The van der Waals surface area contributed by atoms with E-state index in [0.717, 1.165) is 0 Å². The number of ether oxygens (including phenoxy) is 1. The summed E-state index contributed by atoms with van der Waals surface area (Å²) in [6, 6.07) is 4.95. The highest BCUT2D eigenvalue weighted by Gasteiger charge is 2.16. The number of nitrogens with one attached hydrogen (secondary N) is 1. The highest BCUT2D eigenvalue weighted by atomic mass is 16.6. The molecule has 0 aromatic heterocycles. The maximum atomic E-state index is 11.7. The first-order chi connectivity index (χ1) is 9.43. The molecule has 0 fully saturated rings. The van der Waals surface area contributed by atoms with Gasteiger partial charge in [-0.25, -0.2) is 4.79 Å². The van der Waals surface area contributed by atoms with Crippen LogP contribution in [0.5, 0.6) is 0 Å². The van der Waals surface area contributed by atoms with Crippen molar-refractivity contribution >= 4 is 17.6 Å². The summed E-state index contributed by atoms with van der Waals surface area (Å²) in [5.74, 6) is -0.844. The molecule has 1 atom stereocenters. The molecule has 1 aromatic carbocycles. The summed E-state index contributed by atoms with van der Waals surface area (Å²) in [6.45, 7) is 3.47. The van der Waals surface area contributed by atoms with Gasteiger partial charge in [0, 0.05) is 12.1 Å². The number of hydrogen-bond acceptors (Lipinski definition) is 5. The van der Waals surface area contributed by atoms with Gasteiger partial charge in [-0.1, -0.05) is 12.1 Å². The molecule has 0 heterocycles. The zero-order valence-electron chi connectivity index (χ0n) is 11.3. The summed E-state index contributed by atoms with van der Waals surface area (Å²) in [4.78, 5) is 33.0. The maximum absolute atomic E-state index is 11.7. The Hall–Kier alpha value is -2.44. The van der Waals surface area contributed by atoms with Crippen LogP contribution < -0.4 is 5.32 Å². The largest absolute Gasteiger partial charge is 0.464 e. The number of carbonyl (C=O) groups excluding carboxylic acids is 2. The normalized spacial score (nSPS) is 11.5. The summed E-state index contributed by atoms with van der Waals surface area (Å²) in [5, 5.41) is 13.0. The van der Waals surface area contributed by atoms with Crippen molar-refractivity contribution in [2.24, 2.45) is 0 Å². The van der Waals surface area contributed by atoms with Crippen LogP contribution in [0.3, 0.4) is 0 Å². The number of benzene rings is 1. The first-order valence-corrected chi connectivity index (χ1v) is 6.13. The molecule has 7 heteroatoms. The number of nitrogens with zero attached hydrogens (tertiary/aromatic N) is 1. The molecule has 0 bridgehead atoms. The molecule has 0 aliphatic carbocycles. The van der Waals surface area contributed by atoms with E-state index in [9.17, 15) is 19.7 Å². The van der Waals surface area contributed by atoms with E-state index in [0.29, 0.717) is 5.56 Å². The molecule has 1 unspecified atom stereocenters. The first-order valence-electron chi connectivity index (χ1n) is 6.13. The average molecular weight is 280 g/mol. The number of esters is 1. The Bertz CT molecular complexity index is 498. The van der Waals surface area contributed by atoms with Crippen LogP contribution in [0, 0.1) is 10.1 Å². The fourth-order valence-electron chi connectivity index (χ4n) is 1.54. The lowest BCUT2D eigenvalue weighted by Crippen LogP contribution is -2.40. The van der Waals surface area contributed by atoms with E-state index in [1.165, 1.54) is 31.2 Å². The van der Waals surface area contributed by atoms with Gasteiger partial charge in [-0.15, -0.1) is 0 Å². The molecule has 0 aliphatic rings. The van der Waals surface area contributed by atoms with Gasteiger partial charge in [0.1, 0.15) is 6.04 Å². The van der Waals surface area contributed by atoms with Gasteiger partial charge in [0.25, 0.3) is 5.69 Å². The highest BCUT2D eigenvalue weighted by Crippen LogP contribution is 2.12. The van der Waals surface area contributed by atoms with Crippen LogP contribution >= 0.6 is 0 Å². The molecule has 0 saturated carbocycles. The van der Waals surface area contributed by atoms with Gasteiger partial charge >= 0.3 is 5.97 Å². The van der Waals surface area contributed by atoms with Crippen molar-refractivity contribution in [1.29, 1.82) is 0 Å². The van der Waals surface area contributed by atoms with Crippen LogP contribution in [-0.2, 0) is 20.7 Å². The van der Waals surface area contributed by atoms with Crippen molar-refractivity contribution in [2.75, 3.05) is 6.61 Å². The Morgan fingerprint density at radius 2 is 1.95 bits per heavy atom. The molecule has 0 saturated heterocycles. The van der Waals surface area contributed by atoms with Crippen LogP contribution in [0.1, 0.15) is 19.4 Å². The molecule has 108 valence electrons. The minimum Gasteiger partial charge on any atom is -0.464 e. The van der Waals surface area contributed by atoms with E-state index in [1.54, 1.807) is 6.92 Å². The fourth-order valence-corrected chi connectivity index (χ4v) is 1.54. The Morgan fingerprint density at radius 1 is 1.35 bits per heavy atom. The summed E-state index contributed by atoms with van der Waals surface area (Å²) in [6.07, 6.45) is 0.0434. The number of nitro benzene ring substituents is 1. The monoisotopic (exact) mass is 280 g/mol. The van der Waals surface area contributed by atoms with Crippen molar-refractivity contribution in [3.63, 3.8) is 0 Å². The molecule has 1 amide bonds. The second kappa shape index (κ2) is 7.22. The number of nitro groups is 1. The van der Waals surface area contributed by atoms with Crippen molar-refractivity contribution < 1.29 is 19.2 Å². The molecule has 1 rings (SSSR count). The van der Waals surface area contributed by atoms with E-state index in [-0.39, 0.29) is 24.6 Å². The lowest BCUT2D eigenvalue weighted by atomic mass is 10.1. The lowest BCUT2D eigenvalue weighted by Gasteiger charge is -2.12. The number of rotatable bonds is 6. The summed E-state index contributed by atoms with van der Waals surface area (Å²) in [5.41, 5.74) is 0.596. The van der Waals surface area contributed by atoms with Gasteiger partial charge in [0.2, 0.25) is 5.91 Å². The van der Waals surface area contributed by atoms with Crippen LogP contribution in [0.2, 0.25) is 0 Å². The van der Waals surface area contributed by atoms with Gasteiger partial charge in [0.05, 0.1) is 18.0 Å². The maximum Gasteiger partial charge on any atom is 0.328 e. The van der Waals surface area contributed by atoms with Gasteiger partial charge in [-0.3, -0.25) is 14.9 Å². The van der Waals surface area contributed by atoms with Gasteiger partial charge in [-0.2, -0.15) is 0 Å². The van der Waals surface area contributed by atoms with Gasteiger partial charge in [-0.05, 0) is 19.4 Å². The summed E-state index contributed by atoms with van der Waals surface area (Å²) in [7, 11) is 0. The van der Waals surface area contributed by atoms with Gasteiger partial charge < -0.3 is 10.1 Å². The van der Waals surface area contributed by atoms with E-state index in [1.807, 2.05) is 0 Å². The second-order valence-electron chi connectivity index (χ2n) is 4.14. The molecule has 1 aromatic rings. The third-order valence-corrected chi connectivity index (χ3v) is 2.53. The number of non-ortho nitro benzene ring substituents is 1. The van der Waals surface area contributed by atoms with Crippen LogP contribution in [0.25, 0.3) is 0 Å². The molecule has 0 spiro atoms. The molecular formula is C13H16N2O5.